The Morgan fingerprint density at radius 1 is 1.03 bits per heavy atom. The van der Waals surface area contributed by atoms with E-state index >= 15 is 0 Å². The lowest BCUT2D eigenvalue weighted by molar-refractivity contribution is -0.144. The van der Waals surface area contributed by atoms with Crippen LogP contribution in [0.1, 0.15) is 46.7 Å². The zero-order valence-electron chi connectivity index (χ0n) is 18.6. The van der Waals surface area contributed by atoms with Crippen molar-refractivity contribution in [2.24, 2.45) is 17.6 Å². The van der Waals surface area contributed by atoms with Crippen LogP contribution in [0.15, 0.2) is 12.5 Å². The van der Waals surface area contributed by atoms with E-state index in [9.17, 15) is 24.3 Å². The average molecular weight is 439 g/mol. The summed E-state index contributed by atoms with van der Waals surface area (Å²) in [6.07, 6.45) is 3.84. The highest BCUT2D eigenvalue weighted by molar-refractivity contribution is 5.94. The van der Waals surface area contributed by atoms with Crippen molar-refractivity contribution in [3.8, 4) is 0 Å². The predicted molar refractivity (Wildman–Crippen MR) is 114 cm³/mol. The highest BCUT2D eigenvalue weighted by Crippen LogP contribution is 2.10. The third kappa shape index (κ3) is 8.00. The molecule has 1 rings (SSSR count). The van der Waals surface area contributed by atoms with Crippen molar-refractivity contribution in [2.75, 3.05) is 0 Å². The highest BCUT2D eigenvalue weighted by atomic mass is 16.4. The molecule has 31 heavy (non-hydrogen) atoms. The molecule has 0 aliphatic carbocycles. The summed E-state index contributed by atoms with van der Waals surface area (Å²) in [7, 11) is 0. The molecule has 1 aromatic rings. The van der Waals surface area contributed by atoms with E-state index in [4.69, 9.17) is 5.73 Å². The van der Waals surface area contributed by atoms with E-state index < -0.39 is 47.9 Å². The largest absolute Gasteiger partial charge is 0.480 e. The zero-order chi connectivity index (χ0) is 23.7. The maximum absolute atomic E-state index is 12.7. The summed E-state index contributed by atoms with van der Waals surface area (Å²) >= 11 is 0. The van der Waals surface area contributed by atoms with Crippen LogP contribution in [0.4, 0.5) is 0 Å². The van der Waals surface area contributed by atoms with Crippen LogP contribution in [0.2, 0.25) is 0 Å². The summed E-state index contributed by atoms with van der Waals surface area (Å²) in [5, 5.41) is 17.0. The molecule has 11 nitrogen and oxygen atoms in total. The normalized spacial score (nSPS) is 16.0. The van der Waals surface area contributed by atoms with E-state index in [2.05, 4.69) is 25.9 Å². The van der Waals surface area contributed by atoms with E-state index in [-0.39, 0.29) is 18.3 Å². The Morgan fingerprint density at radius 2 is 1.65 bits per heavy atom. The standard InChI is InChI=1S/C20H34N6O5/c1-6-11(4)16(19(29)25-15(10(2)3)20(30)31)26-17(27)12(5)24-18(28)14(21)7-13-8-22-9-23-13/h8-12,14-16H,6-7,21H2,1-5H3,(H,22,23)(H,24,28)(H,25,29)(H,26,27)(H,30,31). The summed E-state index contributed by atoms with van der Waals surface area (Å²) in [6.45, 7) is 8.48. The number of imidazole rings is 1. The van der Waals surface area contributed by atoms with Gasteiger partial charge < -0.3 is 31.8 Å². The van der Waals surface area contributed by atoms with E-state index in [0.717, 1.165) is 0 Å². The van der Waals surface area contributed by atoms with E-state index in [0.29, 0.717) is 12.1 Å². The van der Waals surface area contributed by atoms with Gasteiger partial charge in [-0.15, -0.1) is 0 Å². The molecule has 0 bridgehead atoms. The molecule has 1 heterocycles. The van der Waals surface area contributed by atoms with Gasteiger partial charge in [0.2, 0.25) is 17.7 Å². The van der Waals surface area contributed by atoms with Crippen molar-refractivity contribution in [1.29, 1.82) is 0 Å². The molecular weight excluding hydrogens is 404 g/mol. The average Bonchev–Trinajstić information content (AvgIpc) is 3.21. The van der Waals surface area contributed by atoms with Gasteiger partial charge in [0.25, 0.3) is 0 Å². The van der Waals surface area contributed by atoms with E-state index in [1.54, 1.807) is 27.0 Å². The SMILES string of the molecule is CCC(C)C(NC(=O)C(C)NC(=O)C(N)Cc1cnc[nH]1)C(=O)NC(C(=O)O)C(C)C. The minimum Gasteiger partial charge on any atom is -0.480 e. The number of amides is 3. The quantitative estimate of drug-likeness (QED) is 0.255. The number of hydrogen-bond donors (Lipinski definition) is 6. The molecule has 0 aliphatic heterocycles. The Labute approximate surface area is 181 Å². The lowest BCUT2D eigenvalue weighted by atomic mass is 9.96. The van der Waals surface area contributed by atoms with Crippen LogP contribution >= 0.6 is 0 Å². The predicted octanol–water partition coefficient (Wildman–Crippen LogP) is -0.459. The summed E-state index contributed by atoms with van der Waals surface area (Å²) < 4.78 is 0. The molecule has 0 spiro atoms. The molecule has 0 radical (unpaired) electrons. The number of nitrogens with one attached hydrogen (secondary N) is 4. The molecule has 0 fully saturated rings. The van der Waals surface area contributed by atoms with Gasteiger partial charge in [-0.2, -0.15) is 0 Å². The molecule has 0 aliphatic rings. The van der Waals surface area contributed by atoms with Crippen LogP contribution in [-0.4, -0.2) is 62.9 Å². The van der Waals surface area contributed by atoms with E-state index in [1.807, 2.05) is 6.92 Å². The summed E-state index contributed by atoms with van der Waals surface area (Å²) in [4.78, 5) is 55.8. The van der Waals surface area contributed by atoms with Gasteiger partial charge in [-0.05, 0) is 18.8 Å². The van der Waals surface area contributed by atoms with Crippen molar-refractivity contribution in [1.82, 2.24) is 25.9 Å². The molecule has 5 atom stereocenters. The van der Waals surface area contributed by atoms with E-state index in [1.165, 1.54) is 13.3 Å². The zero-order valence-corrected chi connectivity index (χ0v) is 18.6. The number of carboxylic acids is 1. The van der Waals surface area contributed by atoms with Gasteiger partial charge >= 0.3 is 5.97 Å². The van der Waals surface area contributed by atoms with Gasteiger partial charge in [-0.3, -0.25) is 14.4 Å². The van der Waals surface area contributed by atoms with Crippen LogP contribution in [0, 0.1) is 11.8 Å². The monoisotopic (exact) mass is 438 g/mol. The van der Waals surface area contributed by atoms with Gasteiger partial charge in [0.1, 0.15) is 18.1 Å². The summed E-state index contributed by atoms with van der Waals surface area (Å²) in [6, 6.07) is -3.85. The second-order valence-electron chi connectivity index (χ2n) is 8.06. The van der Waals surface area contributed by atoms with Crippen molar-refractivity contribution >= 4 is 23.7 Å². The maximum atomic E-state index is 12.7. The molecule has 174 valence electrons. The third-order valence-electron chi connectivity index (χ3n) is 5.11. The Morgan fingerprint density at radius 3 is 2.13 bits per heavy atom. The molecule has 7 N–H and O–H groups in total. The first-order chi connectivity index (χ1) is 14.5. The summed E-state index contributed by atoms with van der Waals surface area (Å²) in [5.41, 5.74) is 6.56. The number of nitrogens with zero attached hydrogens (tertiary/aromatic N) is 1. The number of aliphatic carboxylic acids is 1. The first kappa shape index (κ1) is 26.1. The molecule has 5 unspecified atom stereocenters. The van der Waals surface area contributed by atoms with Gasteiger partial charge in [-0.1, -0.05) is 34.1 Å². The second-order valence-corrected chi connectivity index (χ2v) is 8.06. The van der Waals surface area contributed by atoms with Crippen molar-refractivity contribution in [3.63, 3.8) is 0 Å². The van der Waals surface area contributed by atoms with Gasteiger partial charge in [-0.25, -0.2) is 9.78 Å². The lowest BCUT2D eigenvalue weighted by Gasteiger charge is -2.28. The molecule has 0 aromatic carbocycles. The third-order valence-corrected chi connectivity index (χ3v) is 5.11. The second kappa shape index (κ2) is 12.0. The van der Waals surface area contributed by atoms with Gasteiger partial charge in [0.05, 0.1) is 12.4 Å². The van der Waals surface area contributed by atoms with Crippen molar-refractivity contribution < 1.29 is 24.3 Å². The van der Waals surface area contributed by atoms with Crippen LogP contribution in [-0.2, 0) is 25.6 Å². The number of aromatic amines is 1. The Hall–Kier alpha value is -2.95. The molecule has 0 saturated heterocycles. The number of H-pyrrole nitrogens is 1. The first-order valence-electron chi connectivity index (χ1n) is 10.3. The maximum Gasteiger partial charge on any atom is 0.326 e. The number of aromatic nitrogens is 2. The Kier molecular flexibility index (Phi) is 10.1. The van der Waals surface area contributed by atoms with Gasteiger partial charge in [0.15, 0.2) is 0 Å². The van der Waals surface area contributed by atoms with Crippen LogP contribution in [0.5, 0.6) is 0 Å². The van der Waals surface area contributed by atoms with Crippen LogP contribution in [0.25, 0.3) is 0 Å². The van der Waals surface area contributed by atoms with Gasteiger partial charge in [0, 0.05) is 18.3 Å². The molecule has 11 heteroatoms. The topological polar surface area (TPSA) is 179 Å². The fourth-order valence-corrected chi connectivity index (χ4v) is 2.85. The Balaban J connectivity index is 2.75. The number of carbonyl (C=O) groups is 4. The van der Waals surface area contributed by atoms with Crippen molar-refractivity contribution in [2.45, 2.75) is 71.6 Å². The highest BCUT2D eigenvalue weighted by Gasteiger charge is 2.32. The van der Waals surface area contributed by atoms with Crippen LogP contribution < -0.4 is 21.7 Å². The lowest BCUT2D eigenvalue weighted by Crippen LogP contribution is -2.58. The fourth-order valence-electron chi connectivity index (χ4n) is 2.85. The van der Waals surface area contributed by atoms with Crippen LogP contribution in [0.3, 0.4) is 0 Å². The fraction of sp³-hybridized carbons (Fsp3) is 0.650. The number of carbonyl (C=O) groups excluding carboxylic acids is 3. The smallest absolute Gasteiger partial charge is 0.326 e. The minimum atomic E-state index is -1.15. The molecule has 3 amide bonds. The first-order valence-corrected chi connectivity index (χ1v) is 10.3. The number of nitrogens with two attached hydrogens (primary N) is 1. The molecular formula is C20H34N6O5. The summed E-state index contributed by atoms with van der Waals surface area (Å²) in [5.74, 6) is -3.41. The number of rotatable bonds is 12. The number of carboxylic acid groups (broad SMARTS) is 1. The molecule has 0 saturated carbocycles. The van der Waals surface area contributed by atoms with Crippen molar-refractivity contribution in [3.05, 3.63) is 18.2 Å². The Bertz CT molecular complexity index is 751. The number of hydrogen-bond acceptors (Lipinski definition) is 6. The molecule has 1 aromatic heterocycles. The minimum absolute atomic E-state index is 0.226.